The van der Waals surface area contributed by atoms with Gasteiger partial charge in [-0.15, -0.1) is 0 Å². The third-order valence-corrected chi connectivity index (χ3v) is 5.47. The highest BCUT2D eigenvalue weighted by Crippen LogP contribution is 2.35. The minimum Gasteiger partial charge on any atom is -0.489 e. The maximum atomic E-state index is 12.5. The summed E-state index contributed by atoms with van der Waals surface area (Å²) in [4.78, 5) is 19.7. The quantitative estimate of drug-likeness (QED) is 0.291. The number of ether oxygens (including phenoxy) is 2. The van der Waals surface area contributed by atoms with E-state index >= 15 is 0 Å². The number of H-pyrrole nitrogens is 1. The van der Waals surface area contributed by atoms with Crippen LogP contribution < -0.4 is 15.0 Å². The van der Waals surface area contributed by atoms with Crippen molar-refractivity contribution < 1.29 is 9.47 Å². The Morgan fingerprint density at radius 2 is 1.58 bits per heavy atom. The summed E-state index contributed by atoms with van der Waals surface area (Å²) in [5.74, 6) is 1.09. The van der Waals surface area contributed by atoms with Crippen molar-refractivity contribution in [2.45, 2.75) is 18.4 Å². The molecule has 0 saturated heterocycles. The third kappa shape index (κ3) is 5.43. The van der Waals surface area contributed by atoms with Crippen molar-refractivity contribution in [2.24, 2.45) is 0 Å². The van der Waals surface area contributed by atoms with Gasteiger partial charge in [0.15, 0.2) is 5.16 Å². The molecule has 0 amide bonds. The SMILES string of the molecule is CSc1nc(-c2cc(OCc3ccccc3)ccc2OCc2ccccc2)c(C#N)c(=O)[nH]1. The summed E-state index contributed by atoms with van der Waals surface area (Å²) in [5, 5.41) is 10.1. The molecule has 0 bridgehead atoms. The maximum absolute atomic E-state index is 12.5. The van der Waals surface area contributed by atoms with Crippen molar-refractivity contribution >= 4 is 11.8 Å². The molecule has 1 heterocycles. The molecular weight excluding hydrogens is 434 g/mol. The average molecular weight is 456 g/mol. The summed E-state index contributed by atoms with van der Waals surface area (Å²) in [6.45, 7) is 0.715. The third-order valence-electron chi connectivity index (χ3n) is 4.89. The molecule has 0 unspecified atom stereocenters. The lowest BCUT2D eigenvalue weighted by atomic mass is 10.1. The molecule has 33 heavy (non-hydrogen) atoms. The topological polar surface area (TPSA) is 88.0 Å². The van der Waals surface area contributed by atoms with E-state index < -0.39 is 5.56 Å². The van der Waals surface area contributed by atoms with E-state index in [1.807, 2.05) is 72.8 Å². The zero-order chi connectivity index (χ0) is 23.0. The van der Waals surface area contributed by atoms with Gasteiger partial charge < -0.3 is 14.5 Å². The Bertz CT molecular complexity index is 1330. The van der Waals surface area contributed by atoms with Gasteiger partial charge in [0, 0.05) is 5.56 Å². The molecule has 0 aliphatic carbocycles. The van der Waals surface area contributed by atoms with Crippen LogP contribution in [0.2, 0.25) is 0 Å². The average Bonchev–Trinajstić information content (AvgIpc) is 2.87. The molecule has 1 N–H and O–H groups in total. The molecular formula is C26H21N3O3S. The van der Waals surface area contributed by atoms with Gasteiger partial charge in [-0.1, -0.05) is 72.4 Å². The maximum Gasteiger partial charge on any atom is 0.270 e. The first-order valence-electron chi connectivity index (χ1n) is 10.2. The Labute approximate surface area is 195 Å². The Morgan fingerprint density at radius 3 is 2.18 bits per heavy atom. The summed E-state index contributed by atoms with van der Waals surface area (Å²) in [6, 6.07) is 26.9. The van der Waals surface area contributed by atoms with Crippen molar-refractivity contribution in [1.82, 2.24) is 9.97 Å². The standard InChI is InChI=1S/C26H21N3O3S/c1-33-26-28-24(22(15-27)25(30)29-26)21-14-20(31-16-18-8-4-2-5-9-18)12-13-23(21)32-17-19-10-6-3-7-11-19/h2-14H,16-17H2,1H3,(H,28,29,30). The van der Waals surface area contributed by atoms with Crippen molar-refractivity contribution in [2.75, 3.05) is 6.26 Å². The van der Waals surface area contributed by atoms with Gasteiger partial charge in [0.05, 0.1) is 0 Å². The van der Waals surface area contributed by atoms with E-state index in [0.29, 0.717) is 35.4 Å². The number of nitrogens with zero attached hydrogens (tertiary/aromatic N) is 2. The summed E-state index contributed by atoms with van der Waals surface area (Å²) >= 11 is 1.29. The van der Waals surface area contributed by atoms with Gasteiger partial charge in [0.25, 0.3) is 5.56 Å². The number of benzene rings is 3. The number of aromatic nitrogens is 2. The van der Waals surface area contributed by atoms with Crippen molar-refractivity contribution in [3.05, 3.63) is 106 Å². The van der Waals surface area contributed by atoms with Gasteiger partial charge in [-0.2, -0.15) is 5.26 Å². The van der Waals surface area contributed by atoms with Crippen LogP contribution in [0.3, 0.4) is 0 Å². The number of nitriles is 1. The lowest BCUT2D eigenvalue weighted by Crippen LogP contribution is -2.15. The smallest absolute Gasteiger partial charge is 0.270 e. The second kappa shape index (κ2) is 10.5. The molecule has 3 aromatic carbocycles. The molecule has 1 aromatic heterocycles. The van der Waals surface area contributed by atoms with Crippen LogP contribution in [0.15, 0.2) is 88.8 Å². The highest BCUT2D eigenvalue weighted by atomic mass is 32.2. The fraction of sp³-hybridized carbons (Fsp3) is 0.115. The van der Waals surface area contributed by atoms with Gasteiger partial charge in [-0.25, -0.2) is 4.98 Å². The minimum absolute atomic E-state index is 0.0717. The van der Waals surface area contributed by atoms with Gasteiger partial charge in [0.1, 0.15) is 42.0 Å². The number of rotatable bonds is 8. The van der Waals surface area contributed by atoms with Crippen molar-refractivity contribution in [3.8, 4) is 28.8 Å². The summed E-state index contributed by atoms with van der Waals surface area (Å²) in [5.41, 5.74) is 2.25. The fourth-order valence-corrected chi connectivity index (χ4v) is 3.61. The van der Waals surface area contributed by atoms with E-state index in [0.717, 1.165) is 11.1 Å². The molecule has 6 nitrogen and oxygen atoms in total. The highest BCUT2D eigenvalue weighted by molar-refractivity contribution is 7.98. The van der Waals surface area contributed by atoms with E-state index in [1.54, 1.807) is 18.4 Å². The predicted molar refractivity (Wildman–Crippen MR) is 128 cm³/mol. The Hall–Kier alpha value is -4.02. The second-order valence-corrected chi connectivity index (χ2v) is 7.91. The normalized spacial score (nSPS) is 10.4. The molecule has 0 aliphatic rings. The van der Waals surface area contributed by atoms with E-state index in [9.17, 15) is 10.1 Å². The molecule has 0 radical (unpaired) electrons. The first-order valence-corrected chi connectivity index (χ1v) is 11.5. The molecule has 0 atom stereocenters. The number of nitrogens with one attached hydrogen (secondary N) is 1. The molecule has 7 heteroatoms. The summed E-state index contributed by atoms with van der Waals surface area (Å²) in [6.07, 6.45) is 1.81. The van der Waals surface area contributed by atoms with Crippen LogP contribution in [-0.2, 0) is 13.2 Å². The number of aromatic amines is 1. The fourth-order valence-electron chi connectivity index (χ4n) is 3.23. The Morgan fingerprint density at radius 1 is 0.939 bits per heavy atom. The van der Waals surface area contributed by atoms with Crippen molar-refractivity contribution in [3.63, 3.8) is 0 Å². The second-order valence-electron chi connectivity index (χ2n) is 7.12. The lowest BCUT2D eigenvalue weighted by molar-refractivity contribution is 0.298. The first-order chi connectivity index (χ1) is 16.2. The van der Waals surface area contributed by atoms with Crippen LogP contribution in [0.1, 0.15) is 16.7 Å². The van der Waals surface area contributed by atoms with Gasteiger partial charge in [-0.05, 0) is 35.6 Å². The molecule has 4 rings (SSSR count). The Balaban J connectivity index is 1.73. The van der Waals surface area contributed by atoms with Gasteiger partial charge in [-0.3, -0.25) is 4.79 Å². The van der Waals surface area contributed by atoms with E-state index in [2.05, 4.69) is 9.97 Å². The van der Waals surface area contributed by atoms with Crippen LogP contribution in [0.25, 0.3) is 11.3 Å². The minimum atomic E-state index is -0.489. The largest absolute Gasteiger partial charge is 0.489 e. The zero-order valence-corrected chi connectivity index (χ0v) is 18.8. The first kappa shape index (κ1) is 22.2. The van der Waals surface area contributed by atoms with Crippen LogP contribution in [0, 0.1) is 11.3 Å². The molecule has 4 aromatic rings. The lowest BCUT2D eigenvalue weighted by Gasteiger charge is -2.15. The van der Waals surface area contributed by atoms with Crippen molar-refractivity contribution in [1.29, 1.82) is 5.26 Å². The number of hydrogen-bond acceptors (Lipinski definition) is 6. The molecule has 164 valence electrons. The predicted octanol–water partition coefficient (Wildman–Crippen LogP) is 5.19. The number of thioether (sulfide) groups is 1. The monoisotopic (exact) mass is 455 g/mol. The van der Waals surface area contributed by atoms with Crippen LogP contribution in [-0.4, -0.2) is 16.2 Å². The summed E-state index contributed by atoms with van der Waals surface area (Å²) < 4.78 is 12.1. The highest BCUT2D eigenvalue weighted by Gasteiger charge is 2.18. The van der Waals surface area contributed by atoms with E-state index in [1.165, 1.54) is 11.8 Å². The molecule has 0 saturated carbocycles. The van der Waals surface area contributed by atoms with Gasteiger partial charge in [0.2, 0.25) is 0 Å². The van der Waals surface area contributed by atoms with Gasteiger partial charge >= 0.3 is 0 Å². The molecule has 0 spiro atoms. The number of hydrogen-bond donors (Lipinski definition) is 1. The molecule has 0 aliphatic heterocycles. The van der Waals surface area contributed by atoms with Crippen LogP contribution >= 0.6 is 11.8 Å². The van der Waals surface area contributed by atoms with E-state index in [-0.39, 0.29) is 11.3 Å². The van der Waals surface area contributed by atoms with E-state index in [4.69, 9.17) is 9.47 Å². The summed E-state index contributed by atoms with van der Waals surface area (Å²) in [7, 11) is 0. The molecule has 0 fully saturated rings. The zero-order valence-electron chi connectivity index (χ0n) is 17.9. The Kier molecular flexibility index (Phi) is 7.08. The van der Waals surface area contributed by atoms with Crippen LogP contribution in [0.5, 0.6) is 11.5 Å². The van der Waals surface area contributed by atoms with Crippen LogP contribution in [0.4, 0.5) is 0 Å².